The predicted octanol–water partition coefficient (Wildman–Crippen LogP) is 3.44. The van der Waals surface area contributed by atoms with Crippen LogP contribution >= 0.6 is 11.6 Å². The van der Waals surface area contributed by atoms with Crippen LogP contribution in [0.1, 0.15) is 42.4 Å². The molecule has 0 aliphatic carbocycles. The van der Waals surface area contributed by atoms with Crippen molar-refractivity contribution >= 4 is 17.4 Å². The van der Waals surface area contributed by atoms with Gasteiger partial charge in [0.25, 0.3) is 0 Å². The van der Waals surface area contributed by atoms with Gasteiger partial charge in [0, 0.05) is 22.7 Å². The number of nitrogens with two attached hydrogens (primary N) is 1. The van der Waals surface area contributed by atoms with Gasteiger partial charge in [0.05, 0.1) is 0 Å². The van der Waals surface area contributed by atoms with Crippen molar-refractivity contribution in [2.45, 2.75) is 33.1 Å². The third-order valence-corrected chi connectivity index (χ3v) is 3.42. The van der Waals surface area contributed by atoms with E-state index in [-0.39, 0.29) is 0 Å². The Hall–Kier alpha value is -1.65. The second-order valence-electron chi connectivity index (χ2n) is 5.09. The molecule has 1 aromatic carbocycles. The van der Waals surface area contributed by atoms with Crippen molar-refractivity contribution in [2.75, 3.05) is 5.43 Å². The zero-order valence-electron chi connectivity index (χ0n) is 11.9. The number of aryl methyl sites for hydroxylation is 1. The first-order valence-corrected chi connectivity index (χ1v) is 6.97. The van der Waals surface area contributed by atoms with Crippen molar-refractivity contribution < 1.29 is 0 Å². The molecule has 0 fully saturated rings. The van der Waals surface area contributed by atoms with Crippen molar-refractivity contribution in [2.24, 2.45) is 5.84 Å². The smallest absolute Gasteiger partial charge is 0.147 e. The fourth-order valence-electron chi connectivity index (χ4n) is 2.30. The number of halogens is 1. The quantitative estimate of drug-likeness (QED) is 0.669. The lowest BCUT2D eigenvalue weighted by atomic mass is 10.0. The molecule has 1 heterocycles. The molecule has 0 aliphatic rings. The fourth-order valence-corrected chi connectivity index (χ4v) is 2.43. The third kappa shape index (κ3) is 3.26. The Kier molecular flexibility index (Phi) is 4.57. The van der Waals surface area contributed by atoms with Crippen molar-refractivity contribution in [3.8, 4) is 0 Å². The number of benzene rings is 1. The third-order valence-electron chi connectivity index (χ3n) is 3.17. The number of hydrazine groups is 1. The number of nitrogens with zero attached hydrogens (tertiary/aromatic N) is 2. The van der Waals surface area contributed by atoms with Gasteiger partial charge in [-0.3, -0.25) is 0 Å². The summed E-state index contributed by atoms with van der Waals surface area (Å²) in [5.74, 6) is 7.36. The van der Waals surface area contributed by atoms with E-state index >= 15 is 0 Å². The number of rotatable bonds is 4. The molecule has 0 saturated heterocycles. The number of aromatic nitrogens is 2. The van der Waals surface area contributed by atoms with Crippen molar-refractivity contribution in [1.82, 2.24) is 9.97 Å². The lowest BCUT2D eigenvalue weighted by Gasteiger charge is -2.15. The Morgan fingerprint density at radius 2 is 1.85 bits per heavy atom. The molecule has 0 amide bonds. The van der Waals surface area contributed by atoms with Crippen LogP contribution in [-0.2, 0) is 6.42 Å². The van der Waals surface area contributed by atoms with Gasteiger partial charge in [-0.15, -0.1) is 0 Å². The summed E-state index contributed by atoms with van der Waals surface area (Å²) in [6.45, 7) is 6.19. The Balaban J connectivity index is 2.33. The molecule has 5 heteroatoms. The van der Waals surface area contributed by atoms with Crippen LogP contribution in [0, 0.1) is 6.92 Å². The molecule has 106 valence electrons. The van der Waals surface area contributed by atoms with Crippen LogP contribution in [-0.4, -0.2) is 9.97 Å². The van der Waals surface area contributed by atoms with E-state index in [0.29, 0.717) is 18.2 Å². The second-order valence-corrected chi connectivity index (χ2v) is 5.53. The lowest BCUT2D eigenvalue weighted by Crippen LogP contribution is -2.15. The van der Waals surface area contributed by atoms with E-state index in [1.54, 1.807) is 0 Å². The lowest BCUT2D eigenvalue weighted by molar-refractivity contribution is 0.811. The molecule has 3 N–H and O–H groups in total. The molecule has 2 rings (SSSR count). The van der Waals surface area contributed by atoms with Crippen LogP contribution < -0.4 is 11.3 Å². The van der Waals surface area contributed by atoms with Crippen LogP contribution in [0.25, 0.3) is 0 Å². The molecule has 0 saturated carbocycles. The van der Waals surface area contributed by atoms with E-state index in [1.165, 1.54) is 0 Å². The van der Waals surface area contributed by atoms with Crippen molar-refractivity contribution in [3.63, 3.8) is 0 Å². The minimum Gasteiger partial charge on any atom is -0.308 e. The van der Waals surface area contributed by atoms with E-state index in [0.717, 1.165) is 27.7 Å². The molecule has 0 bridgehead atoms. The van der Waals surface area contributed by atoms with Crippen LogP contribution in [0.3, 0.4) is 0 Å². The first kappa shape index (κ1) is 14.8. The minimum atomic E-state index is 0.325. The highest BCUT2D eigenvalue weighted by Crippen LogP contribution is 2.25. The summed E-state index contributed by atoms with van der Waals surface area (Å²) < 4.78 is 0. The topological polar surface area (TPSA) is 63.8 Å². The van der Waals surface area contributed by atoms with Gasteiger partial charge in [0.1, 0.15) is 11.6 Å². The number of nitrogens with one attached hydrogen (secondary N) is 1. The normalized spacial score (nSPS) is 10.9. The van der Waals surface area contributed by atoms with Gasteiger partial charge in [0.15, 0.2) is 0 Å². The van der Waals surface area contributed by atoms with Crippen LogP contribution in [0.5, 0.6) is 0 Å². The van der Waals surface area contributed by atoms with Crippen molar-refractivity contribution in [1.29, 1.82) is 0 Å². The number of hydrogen-bond donors (Lipinski definition) is 2. The molecule has 0 radical (unpaired) electrons. The highest BCUT2D eigenvalue weighted by atomic mass is 35.5. The average Bonchev–Trinajstić information content (AvgIpc) is 2.40. The Morgan fingerprint density at radius 3 is 2.40 bits per heavy atom. The van der Waals surface area contributed by atoms with Gasteiger partial charge in [-0.2, -0.15) is 0 Å². The average molecular weight is 291 g/mol. The van der Waals surface area contributed by atoms with Crippen molar-refractivity contribution in [3.05, 3.63) is 51.9 Å². The Labute approximate surface area is 124 Å². The molecule has 0 spiro atoms. The molecule has 1 aromatic heterocycles. The van der Waals surface area contributed by atoms with E-state index in [4.69, 9.17) is 17.4 Å². The summed E-state index contributed by atoms with van der Waals surface area (Å²) in [5, 5.41) is 0.727. The highest BCUT2D eigenvalue weighted by Gasteiger charge is 2.14. The van der Waals surface area contributed by atoms with Gasteiger partial charge in [0.2, 0.25) is 0 Å². The van der Waals surface area contributed by atoms with Crippen LogP contribution in [0.2, 0.25) is 5.02 Å². The zero-order valence-corrected chi connectivity index (χ0v) is 12.7. The maximum absolute atomic E-state index is 5.89. The summed E-state index contributed by atoms with van der Waals surface area (Å²) in [6.07, 6.45) is 0.658. The second kappa shape index (κ2) is 6.20. The highest BCUT2D eigenvalue weighted by molar-refractivity contribution is 6.30. The van der Waals surface area contributed by atoms with Crippen LogP contribution in [0.4, 0.5) is 5.82 Å². The maximum Gasteiger partial charge on any atom is 0.147 e. The first-order chi connectivity index (χ1) is 9.51. The molecular formula is C15H19ClN4. The molecule has 0 aliphatic heterocycles. The summed E-state index contributed by atoms with van der Waals surface area (Å²) in [4.78, 5) is 9.09. The minimum absolute atomic E-state index is 0.325. The molecule has 0 atom stereocenters. The summed E-state index contributed by atoms with van der Waals surface area (Å²) in [6, 6.07) is 7.70. The van der Waals surface area contributed by atoms with E-state index in [9.17, 15) is 0 Å². The monoisotopic (exact) mass is 290 g/mol. The Bertz CT molecular complexity index is 594. The molecule has 20 heavy (non-hydrogen) atoms. The number of anilines is 1. The molecule has 2 aromatic rings. The summed E-state index contributed by atoms with van der Waals surface area (Å²) >= 11 is 5.89. The SMILES string of the molecule is Cc1nc(Cc2ccc(Cl)cc2)nc(NN)c1C(C)C. The molecule has 0 unspecified atom stereocenters. The standard InChI is InChI=1S/C15H19ClN4/c1-9(2)14-10(3)18-13(19-15(14)20-17)8-11-4-6-12(16)7-5-11/h4-7,9H,8,17H2,1-3H3,(H,18,19,20). The van der Waals surface area contributed by atoms with Crippen LogP contribution in [0.15, 0.2) is 24.3 Å². The first-order valence-electron chi connectivity index (χ1n) is 6.59. The molecular weight excluding hydrogens is 272 g/mol. The van der Waals surface area contributed by atoms with E-state index in [1.807, 2.05) is 31.2 Å². The zero-order chi connectivity index (χ0) is 14.7. The van der Waals surface area contributed by atoms with Gasteiger partial charge in [-0.25, -0.2) is 15.8 Å². The van der Waals surface area contributed by atoms with Gasteiger partial charge in [-0.05, 0) is 30.5 Å². The van der Waals surface area contributed by atoms with Gasteiger partial charge in [-0.1, -0.05) is 37.6 Å². The van der Waals surface area contributed by atoms with Gasteiger partial charge >= 0.3 is 0 Å². The number of nitrogen functional groups attached to an aromatic ring is 1. The predicted molar refractivity (Wildman–Crippen MR) is 82.9 cm³/mol. The Morgan fingerprint density at radius 1 is 1.20 bits per heavy atom. The van der Waals surface area contributed by atoms with E-state index in [2.05, 4.69) is 29.2 Å². The van der Waals surface area contributed by atoms with Gasteiger partial charge < -0.3 is 5.43 Å². The summed E-state index contributed by atoms with van der Waals surface area (Å²) in [5.41, 5.74) is 5.83. The fraction of sp³-hybridized carbons (Fsp3) is 0.333. The number of hydrogen-bond acceptors (Lipinski definition) is 4. The largest absolute Gasteiger partial charge is 0.308 e. The van der Waals surface area contributed by atoms with E-state index < -0.39 is 0 Å². The maximum atomic E-state index is 5.89. The summed E-state index contributed by atoms with van der Waals surface area (Å²) in [7, 11) is 0. The molecule has 4 nitrogen and oxygen atoms in total.